The Morgan fingerprint density at radius 3 is 2.10 bits per heavy atom. The highest BCUT2D eigenvalue weighted by molar-refractivity contribution is 7.89. The Hall–Kier alpha value is -2.18. The van der Waals surface area contributed by atoms with Crippen LogP contribution in [0.25, 0.3) is 0 Å². The van der Waals surface area contributed by atoms with Gasteiger partial charge >= 0.3 is 0 Å². The van der Waals surface area contributed by atoms with Gasteiger partial charge in [-0.25, -0.2) is 8.42 Å². The summed E-state index contributed by atoms with van der Waals surface area (Å²) in [5, 5.41) is 2.97. The average molecular weight is 413 g/mol. The number of carbonyl (C=O) groups is 1. The maximum absolute atomic E-state index is 13.1. The smallest absolute Gasteiger partial charge is 0.243 e. The van der Waals surface area contributed by atoms with Crippen molar-refractivity contribution in [3.8, 4) is 0 Å². The Kier molecular flexibility index (Phi) is 5.25. The fourth-order valence-corrected chi connectivity index (χ4v) is 6.36. The molecule has 1 heterocycles. The summed E-state index contributed by atoms with van der Waals surface area (Å²) in [4.78, 5) is 13.2. The fraction of sp³-hybridized carbons (Fsp3) is 0.435. The third-order valence-corrected chi connectivity index (χ3v) is 8.45. The van der Waals surface area contributed by atoms with Crippen LogP contribution in [0.5, 0.6) is 0 Å². The average Bonchev–Trinajstić information content (AvgIpc) is 3.51. The summed E-state index contributed by atoms with van der Waals surface area (Å²) < 4.78 is 27.9. The van der Waals surface area contributed by atoms with Crippen molar-refractivity contribution in [3.63, 3.8) is 0 Å². The predicted octanol–water partition coefficient (Wildman–Crippen LogP) is 4.31. The zero-order valence-electron chi connectivity index (χ0n) is 17.0. The van der Waals surface area contributed by atoms with Crippen LogP contribution in [0.1, 0.15) is 51.5 Å². The largest absolute Gasteiger partial charge is 0.325 e. The topological polar surface area (TPSA) is 66.5 Å². The molecule has 6 heteroatoms. The highest BCUT2D eigenvalue weighted by Crippen LogP contribution is 2.48. The molecule has 0 spiro atoms. The molecule has 29 heavy (non-hydrogen) atoms. The van der Waals surface area contributed by atoms with Gasteiger partial charge < -0.3 is 5.32 Å². The summed E-state index contributed by atoms with van der Waals surface area (Å²) in [7, 11) is -3.54. The normalized spacial score (nSPS) is 24.1. The molecule has 0 aromatic heterocycles. The molecule has 1 saturated carbocycles. The van der Waals surface area contributed by atoms with Crippen LogP contribution < -0.4 is 5.32 Å². The van der Waals surface area contributed by atoms with Crippen LogP contribution in [0.2, 0.25) is 0 Å². The summed E-state index contributed by atoms with van der Waals surface area (Å²) in [5.74, 6) is -0.0300. The lowest BCUT2D eigenvalue weighted by molar-refractivity contribution is -0.118. The van der Waals surface area contributed by atoms with Crippen LogP contribution in [0, 0.1) is 0 Å². The standard InChI is InChI=1S/C23H28N2O3S/c1-17-7-6-8-18(2)25(17)29(27,28)21-13-11-20(12-14-21)24-22(26)23(15-16-23)19-9-4-3-5-10-19/h3-5,9-14,17-18H,6-8,15-16H2,1-2H3,(H,24,26). The van der Waals surface area contributed by atoms with Crippen molar-refractivity contribution in [1.29, 1.82) is 0 Å². The second kappa shape index (κ2) is 7.58. The lowest BCUT2D eigenvalue weighted by atomic mass is 9.95. The monoisotopic (exact) mass is 412 g/mol. The molecule has 2 aliphatic rings. The second-order valence-electron chi connectivity index (χ2n) is 8.39. The molecule has 2 atom stereocenters. The third-order valence-electron chi connectivity index (χ3n) is 6.31. The van der Waals surface area contributed by atoms with Crippen molar-refractivity contribution in [1.82, 2.24) is 4.31 Å². The van der Waals surface area contributed by atoms with Crippen LogP contribution in [0.4, 0.5) is 5.69 Å². The van der Waals surface area contributed by atoms with Crippen molar-refractivity contribution in [2.75, 3.05) is 5.32 Å². The Bertz CT molecular complexity index is 973. The number of sulfonamides is 1. The van der Waals surface area contributed by atoms with Gasteiger partial charge in [0.25, 0.3) is 0 Å². The van der Waals surface area contributed by atoms with Crippen molar-refractivity contribution in [2.24, 2.45) is 0 Å². The molecule has 1 aliphatic carbocycles. The van der Waals surface area contributed by atoms with Crippen molar-refractivity contribution in [3.05, 3.63) is 60.2 Å². The van der Waals surface area contributed by atoms with Crippen molar-refractivity contribution < 1.29 is 13.2 Å². The number of piperidine rings is 1. The lowest BCUT2D eigenvalue weighted by Crippen LogP contribution is -2.47. The molecule has 1 aliphatic heterocycles. The molecule has 5 nitrogen and oxygen atoms in total. The van der Waals surface area contributed by atoms with E-state index in [-0.39, 0.29) is 22.9 Å². The molecule has 2 unspecified atom stereocenters. The van der Waals surface area contributed by atoms with Crippen LogP contribution in [-0.4, -0.2) is 30.7 Å². The van der Waals surface area contributed by atoms with Gasteiger partial charge in [-0.05, 0) is 69.4 Å². The number of benzene rings is 2. The van der Waals surface area contributed by atoms with Gasteiger partial charge in [-0.1, -0.05) is 36.8 Å². The number of amides is 1. The molecular weight excluding hydrogens is 384 g/mol. The number of anilines is 1. The maximum Gasteiger partial charge on any atom is 0.243 e. The predicted molar refractivity (Wildman–Crippen MR) is 114 cm³/mol. The van der Waals surface area contributed by atoms with Crippen LogP contribution in [0.15, 0.2) is 59.5 Å². The van der Waals surface area contributed by atoms with Crippen LogP contribution in [0.3, 0.4) is 0 Å². The zero-order chi connectivity index (χ0) is 20.6. The summed E-state index contributed by atoms with van der Waals surface area (Å²) >= 11 is 0. The first-order valence-electron chi connectivity index (χ1n) is 10.4. The van der Waals surface area contributed by atoms with E-state index in [0.717, 1.165) is 37.7 Å². The summed E-state index contributed by atoms with van der Waals surface area (Å²) in [6.45, 7) is 3.95. The van der Waals surface area contributed by atoms with Gasteiger partial charge in [0, 0.05) is 17.8 Å². The first-order valence-corrected chi connectivity index (χ1v) is 11.8. The van der Waals surface area contributed by atoms with E-state index in [9.17, 15) is 13.2 Å². The van der Waals surface area contributed by atoms with Gasteiger partial charge in [0.2, 0.25) is 15.9 Å². The van der Waals surface area contributed by atoms with E-state index >= 15 is 0 Å². The highest BCUT2D eigenvalue weighted by atomic mass is 32.2. The molecule has 0 bridgehead atoms. The summed E-state index contributed by atoms with van der Waals surface area (Å²) in [6.07, 6.45) is 4.50. The van der Waals surface area contributed by atoms with E-state index in [0.29, 0.717) is 5.69 Å². The van der Waals surface area contributed by atoms with Crippen molar-refractivity contribution >= 4 is 21.6 Å². The quantitative estimate of drug-likeness (QED) is 0.796. The van der Waals surface area contributed by atoms with Crippen LogP contribution in [-0.2, 0) is 20.2 Å². The van der Waals surface area contributed by atoms with Gasteiger partial charge in [0.05, 0.1) is 10.3 Å². The van der Waals surface area contributed by atoms with E-state index in [2.05, 4.69) is 5.32 Å². The molecule has 4 rings (SSSR count). The Morgan fingerprint density at radius 2 is 1.55 bits per heavy atom. The Balaban J connectivity index is 1.50. The van der Waals surface area contributed by atoms with E-state index in [1.165, 1.54) is 0 Å². The minimum absolute atomic E-state index is 0.00345. The SMILES string of the molecule is CC1CCCC(C)N1S(=O)(=O)c1ccc(NC(=O)C2(c3ccccc3)CC2)cc1. The van der Waals surface area contributed by atoms with E-state index in [1.807, 2.05) is 44.2 Å². The first kappa shape index (κ1) is 20.1. The molecule has 1 N–H and O–H groups in total. The minimum Gasteiger partial charge on any atom is -0.325 e. The van der Waals surface area contributed by atoms with Crippen molar-refractivity contribution in [2.45, 2.75) is 68.3 Å². The minimum atomic E-state index is -3.54. The number of nitrogens with zero attached hydrogens (tertiary/aromatic N) is 1. The molecule has 1 amide bonds. The number of hydrogen-bond donors (Lipinski definition) is 1. The highest BCUT2D eigenvalue weighted by Gasteiger charge is 2.51. The second-order valence-corrected chi connectivity index (χ2v) is 10.2. The Morgan fingerprint density at radius 1 is 0.966 bits per heavy atom. The zero-order valence-corrected chi connectivity index (χ0v) is 17.8. The van der Waals surface area contributed by atoms with Gasteiger partial charge in [0.1, 0.15) is 0 Å². The third kappa shape index (κ3) is 3.71. The van der Waals surface area contributed by atoms with E-state index in [1.54, 1.807) is 28.6 Å². The number of nitrogens with one attached hydrogen (secondary N) is 1. The number of hydrogen-bond acceptors (Lipinski definition) is 3. The van der Waals surface area contributed by atoms with Gasteiger partial charge in [0.15, 0.2) is 0 Å². The molecule has 2 fully saturated rings. The summed E-state index contributed by atoms with van der Waals surface area (Å²) in [5.41, 5.74) is 1.20. The molecule has 2 aromatic carbocycles. The molecule has 1 saturated heterocycles. The van der Waals surface area contributed by atoms with Crippen LogP contribution >= 0.6 is 0 Å². The molecule has 2 aromatic rings. The van der Waals surface area contributed by atoms with Gasteiger partial charge in [-0.2, -0.15) is 4.31 Å². The number of rotatable bonds is 5. The number of carbonyl (C=O) groups excluding carboxylic acids is 1. The fourth-order valence-electron chi connectivity index (χ4n) is 4.48. The van der Waals surface area contributed by atoms with E-state index in [4.69, 9.17) is 0 Å². The molecule has 154 valence electrons. The maximum atomic E-state index is 13.1. The molecular formula is C23H28N2O3S. The molecule has 0 radical (unpaired) electrons. The van der Waals surface area contributed by atoms with Gasteiger partial charge in [-0.3, -0.25) is 4.79 Å². The summed E-state index contributed by atoms with van der Waals surface area (Å²) in [6, 6.07) is 16.4. The lowest BCUT2D eigenvalue weighted by Gasteiger charge is -2.37. The van der Waals surface area contributed by atoms with E-state index < -0.39 is 15.4 Å². The first-order chi connectivity index (χ1) is 13.8. The Labute approximate surface area is 173 Å². The van der Waals surface area contributed by atoms with Gasteiger partial charge in [-0.15, -0.1) is 0 Å².